The summed E-state index contributed by atoms with van der Waals surface area (Å²) in [4.78, 5) is 18.5. The molecule has 0 unspecified atom stereocenters. The van der Waals surface area contributed by atoms with Crippen LogP contribution in [0.15, 0.2) is 6.07 Å². The van der Waals surface area contributed by atoms with E-state index in [2.05, 4.69) is 65.7 Å². The standard InChI is InChI=1S/C28H43N5OS/c1-17(2)27-31-30-20(5)33(27)24-15-22-10-11-23(16-24)32(22)13-12-25(26-14-18(3)19(4)35-26)29-28(34)21-8-6-7-9-21/h14,17,21-25H,6-13,15-16H2,1-5H3,(H,29,34)/t22-,23+,24-,25-/m0/s1. The number of aryl methyl sites for hydroxylation is 3. The smallest absolute Gasteiger partial charge is 0.223 e. The summed E-state index contributed by atoms with van der Waals surface area (Å²) >= 11 is 1.86. The Kier molecular flexibility index (Phi) is 7.36. The van der Waals surface area contributed by atoms with Crippen LogP contribution in [0.3, 0.4) is 0 Å². The number of aromatic nitrogens is 3. The maximum Gasteiger partial charge on any atom is 0.223 e. The maximum atomic E-state index is 13.1. The average molecular weight is 498 g/mol. The molecule has 2 bridgehead atoms. The molecule has 1 saturated carbocycles. The summed E-state index contributed by atoms with van der Waals surface area (Å²) in [5.74, 6) is 3.09. The van der Waals surface area contributed by atoms with Crippen LogP contribution in [-0.2, 0) is 4.79 Å². The predicted octanol–water partition coefficient (Wildman–Crippen LogP) is 5.99. The normalized spacial score (nSPS) is 26.1. The molecule has 2 saturated heterocycles. The first-order valence-corrected chi connectivity index (χ1v) is 14.7. The minimum Gasteiger partial charge on any atom is -0.348 e. The zero-order valence-corrected chi connectivity index (χ0v) is 23.0. The summed E-state index contributed by atoms with van der Waals surface area (Å²) in [5.41, 5.74) is 1.34. The van der Waals surface area contributed by atoms with E-state index < -0.39 is 0 Å². The van der Waals surface area contributed by atoms with Gasteiger partial charge in [0, 0.05) is 46.3 Å². The lowest BCUT2D eigenvalue weighted by atomic mass is 9.95. The highest BCUT2D eigenvalue weighted by Gasteiger charge is 2.42. The lowest BCUT2D eigenvalue weighted by molar-refractivity contribution is -0.125. The second-order valence-corrected chi connectivity index (χ2v) is 12.9. The van der Waals surface area contributed by atoms with Crippen molar-refractivity contribution in [1.29, 1.82) is 0 Å². The topological polar surface area (TPSA) is 63.1 Å². The summed E-state index contributed by atoms with van der Waals surface area (Å²) in [6.07, 6.45) is 10.4. The number of fused-ring (bicyclic) bond motifs is 2. The van der Waals surface area contributed by atoms with Gasteiger partial charge in [-0.2, -0.15) is 0 Å². The molecule has 5 rings (SSSR count). The van der Waals surface area contributed by atoms with Crippen molar-refractivity contribution in [2.24, 2.45) is 5.92 Å². The molecule has 1 aliphatic carbocycles. The largest absolute Gasteiger partial charge is 0.348 e. The van der Waals surface area contributed by atoms with Crippen LogP contribution >= 0.6 is 11.3 Å². The maximum absolute atomic E-state index is 13.1. The summed E-state index contributed by atoms with van der Waals surface area (Å²) in [5, 5.41) is 12.4. The summed E-state index contributed by atoms with van der Waals surface area (Å²) in [6, 6.07) is 4.20. The molecule has 6 nitrogen and oxygen atoms in total. The van der Waals surface area contributed by atoms with Crippen molar-refractivity contribution in [2.45, 2.75) is 122 Å². The van der Waals surface area contributed by atoms with Gasteiger partial charge in [0.15, 0.2) is 0 Å². The minimum absolute atomic E-state index is 0.130. The molecule has 4 atom stereocenters. The molecule has 3 fully saturated rings. The molecule has 2 aromatic rings. The highest BCUT2D eigenvalue weighted by molar-refractivity contribution is 7.12. The number of nitrogens with zero attached hydrogens (tertiary/aromatic N) is 4. The zero-order valence-electron chi connectivity index (χ0n) is 22.2. The van der Waals surface area contributed by atoms with Gasteiger partial charge in [-0.05, 0) is 77.3 Å². The molecule has 7 heteroatoms. The second kappa shape index (κ2) is 10.3. The number of nitrogens with one attached hydrogen (secondary N) is 1. The molecule has 35 heavy (non-hydrogen) atoms. The molecule has 1 amide bonds. The lowest BCUT2D eigenvalue weighted by Crippen LogP contribution is -2.45. The van der Waals surface area contributed by atoms with E-state index in [-0.39, 0.29) is 17.9 Å². The van der Waals surface area contributed by atoms with Crippen molar-refractivity contribution in [3.63, 3.8) is 0 Å². The highest BCUT2D eigenvalue weighted by atomic mass is 32.1. The third kappa shape index (κ3) is 5.08. The van der Waals surface area contributed by atoms with Crippen LogP contribution in [0.5, 0.6) is 0 Å². The van der Waals surface area contributed by atoms with Gasteiger partial charge in [-0.15, -0.1) is 21.5 Å². The summed E-state index contributed by atoms with van der Waals surface area (Å²) in [7, 11) is 0. The Morgan fingerprint density at radius 2 is 1.74 bits per heavy atom. The van der Waals surface area contributed by atoms with Gasteiger partial charge < -0.3 is 9.88 Å². The number of hydrogen-bond acceptors (Lipinski definition) is 5. The van der Waals surface area contributed by atoms with E-state index in [4.69, 9.17) is 0 Å². The van der Waals surface area contributed by atoms with Crippen LogP contribution in [0.1, 0.15) is 117 Å². The first kappa shape index (κ1) is 24.9. The third-order valence-corrected chi connectivity index (χ3v) is 10.1. The van der Waals surface area contributed by atoms with Gasteiger partial charge in [0.05, 0.1) is 6.04 Å². The Hall–Kier alpha value is -1.73. The monoisotopic (exact) mass is 497 g/mol. The first-order valence-electron chi connectivity index (χ1n) is 13.9. The van der Waals surface area contributed by atoms with Gasteiger partial charge in [0.1, 0.15) is 11.6 Å². The van der Waals surface area contributed by atoms with E-state index in [0.29, 0.717) is 24.0 Å². The Balaban J connectivity index is 1.27. The number of carbonyl (C=O) groups excluding carboxylic acids is 1. The van der Waals surface area contributed by atoms with E-state index in [1.165, 1.54) is 53.8 Å². The molecule has 0 aromatic carbocycles. The molecule has 0 spiro atoms. The van der Waals surface area contributed by atoms with Gasteiger partial charge >= 0.3 is 0 Å². The minimum atomic E-state index is 0.130. The fourth-order valence-electron chi connectivity index (χ4n) is 6.87. The molecule has 1 N–H and O–H groups in total. The highest BCUT2D eigenvalue weighted by Crippen LogP contribution is 2.42. The second-order valence-electron chi connectivity index (χ2n) is 11.6. The van der Waals surface area contributed by atoms with Crippen molar-refractivity contribution >= 4 is 17.2 Å². The van der Waals surface area contributed by atoms with Gasteiger partial charge in [-0.1, -0.05) is 26.7 Å². The predicted molar refractivity (Wildman–Crippen MR) is 142 cm³/mol. The van der Waals surface area contributed by atoms with Gasteiger partial charge in [0.25, 0.3) is 0 Å². The van der Waals surface area contributed by atoms with Crippen LogP contribution in [0.2, 0.25) is 0 Å². The van der Waals surface area contributed by atoms with Crippen molar-refractivity contribution < 1.29 is 4.79 Å². The molecule has 3 aliphatic rings. The fraction of sp³-hybridized carbons (Fsp3) is 0.750. The van der Waals surface area contributed by atoms with Crippen molar-refractivity contribution in [3.05, 3.63) is 33.0 Å². The molecule has 2 aliphatic heterocycles. The Morgan fingerprint density at radius 1 is 1.06 bits per heavy atom. The van der Waals surface area contributed by atoms with Crippen LogP contribution < -0.4 is 5.32 Å². The number of amides is 1. The molecule has 4 heterocycles. The Labute approximate surface area is 214 Å². The molecular weight excluding hydrogens is 454 g/mol. The Morgan fingerprint density at radius 3 is 2.34 bits per heavy atom. The van der Waals surface area contributed by atoms with E-state index in [1.807, 2.05) is 11.3 Å². The van der Waals surface area contributed by atoms with Crippen LogP contribution in [0.25, 0.3) is 0 Å². The molecule has 2 aromatic heterocycles. The molecule has 192 valence electrons. The number of hydrogen-bond donors (Lipinski definition) is 1. The van der Waals surface area contributed by atoms with Gasteiger partial charge in [-0.25, -0.2) is 0 Å². The first-order chi connectivity index (χ1) is 16.8. The fourth-order valence-corrected chi connectivity index (χ4v) is 8.00. The molecule has 0 radical (unpaired) electrons. The molecular formula is C28H43N5OS. The zero-order chi connectivity index (χ0) is 24.7. The lowest BCUT2D eigenvalue weighted by Gasteiger charge is -2.40. The van der Waals surface area contributed by atoms with E-state index >= 15 is 0 Å². The number of piperidine rings is 1. The van der Waals surface area contributed by atoms with Crippen LogP contribution in [0.4, 0.5) is 0 Å². The van der Waals surface area contributed by atoms with Crippen molar-refractivity contribution in [2.75, 3.05) is 6.54 Å². The van der Waals surface area contributed by atoms with E-state index in [1.54, 1.807) is 0 Å². The quantitative estimate of drug-likeness (QED) is 0.486. The Bertz CT molecular complexity index is 1000. The van der Waals surface area contributed by atoms with E-state index in [0.717, 1.165) is 37.5 Å². The van der Waals surface area contributed by atoms with Gasteiger partial charge in [-0.3, -0.25) is 9.69 Å². The number of thiophene rings is 1. The number of rotatable bonds is 8. The van der Waals surface area contributed by atoms with E-state index in [9.17, 15) is 4.79 Å². The SMILES string of the molecule is Cc1cc([C@H](CCN2[C@@H]3CC[C@H]2C[C@H](n2c(C)nnc2C(C)C)C3)NC(=O)C2CCCC2)sc1C. The third-order valence-electron chi connectivity index (χ3n) is 8.88. The number of carbonyl (C=O) groups is 1. The van der Waals surface area contributed by atoms with Crippen molar-refractivity contribution in [3.8, 4) is 0 Å². The van der Waals surface area contributed by atoms with Gasteiger partial charge in [0.2, 0.25) is 5.91 Å². The van der Waals surface area contributed by atoms with Crippen LogP contribution in [0, 0.1) is 26.7 Å². The summed E-state index contributed by atoms with van der Waals surface area (Å²) < 4.78 is 2.44. The van der Waals surface area contributed by atoms with Crippen molar-refractivity contribution in [1.82, 2.24) is 25.0 Å². The summed E-state index contributed by atoms with van der Waals surface area (Å²) in [6.45, 7) is 12.0. The van der Waals surface area contributed by atoms with Crippen LogP contribution in [-0.4, -0.2) is 44.2 Å². The average Bonchev–Trinajstić information content (AvgIpc) is 3.59.